The van der Waals surface area contributed by atoms with E-state index in [9.17, 15) is 4.79 Å². The van der Waals surface area contributed by atoms with Crippen LogP contribution in [-0.4, -0.2) is 45.0 Å². The van der Waals surface area contributed by atoms with Crippen LogP contribution in [0.1, 0.15) is 16.6 Å². The van der Waals surface area contributed by atoms with E-state index < -0.39 is 0 Å². The maximum Gasteiger partial charge on any atom is 0.169 e. The molecule has 0 fully saturated rings. The van der Waals surface area contributed by atoms with Crippen LogP contribution >= 0.6 is 11.3 Å². The van der Waals surface area contributed by atoms with Crippen molar-refractivity contribution >= 4 is 44.6 Å². The molecular weight excluding hydrogens is 456 g/mol. The van der Waals surface area contributed by atoms with Crippen LogP contribution in [0.4, 0.5) is 5.69 Å². The summed E-state index contributed by atoms with van der Waals surface area (Å²) in [7, 11) is 4.02. The first kappa shape index (κ1) is 21.2. The summed E-state index contributed by atoms with van der Waals surface area (Å²) in [6, 6.07) is 16.3. The quantitative estimate of drug-likeness (QED) is 0.289. The van der Waals surface area contributed by atoms with E-state index in [2.05, 4.69) is 49.4 Å². The average Bonchev–Trinajstić information content (AvgIpc) is 3.61. The van der Waals surface area contributed by atoms with Crippen molar-refractivity contribution in [3.05, 3.63) is 72.0 Å². The fourth-order valence-corrected chi connectivity index (χ4v) is 5.17. The van der Waals surface area contributed by atoms with Crippen LogP contribution in [0.3, 0.4) is 0 Å². The topological polar surface area (TPSA) is 90.6 Å². The number of carbonyl (C=O) groups is 1. The summed E-state index contributed by atoms with van der Waals surface area (Å²) >= 11 is 1.46. The second kappa shape index (κ2) is 8.18. The Balaban J connectivity index is 1.46. The van der Waals surface area contributed by atoms with Crippen LogP contribution in [0.5, 0.6) is 0 Å². The monoisotopic (exact) mass is 478 g/mol. The Labute approximate surface area is 205 Å². The van der Waals surface area contributed by atoms with Gasteiger partial charge in [-0.05, 0) is 55.0 Å². The number of hydrogen-bond donors (Lipinski definition) is 2. The van der Waals surface area contributed by atoms with E-state index in [0.717, 1.165) is 65.5 Å². The Bertz CT molecular complexity index is 1720. The summed E-state index contributed by atoms with van der Waals surface area (Å²) in [5.74, 6) is 0.0632. The predicted molar refractivity (Wildman–Crippen MR) is 142 cm³/mol. The fraction of sp³-hybridized carbons (Fsp3) is 0.111. The van der Waals surface area contributed by atoms with Gasteiger partial charge in [0.2, 0.25) is 0 Å². The third-order valence-electron chi connectivity index (χ3n) is 6.13. The van der Waals surface area contributed by atoms with Gasteiger partial charge in [0.1, 0.15) is 5.69 Å². The number of rotatable bonds is 5. The number of nitrogens with one attached hydrogen (secondary N) is 2. The van der Waals surface area contributed by atoms with Gasteiger partial charge >= 0.3 is 0 Å². The molecule has 1 aromatic carbocycles. The van der Waals surface area contributed by atoms with Gasteiger partial charge in [-0.2, -0.15) is 5.10 Å². The molecule has 0 unspecified atom stereocenters. The molecule has 0 saturated heterocycles. The molecule has 7 nitrogen and oxygen atoms in total. The SMILES string of the molecule is CC(=O)c1ccc(-c2nccc3[nH]c(-c4n[nH]c5ccc(-c6cncc(N(C)C)c6)cc45)cc23)s1. The van der Waals surface area contributed by atoms with E-state index >= 15 is 0 Å². The highest BCUT2D eigenvalue weighted by molar-refractivity contribution is 7.17. The zero-order valence-corrected chi connectivity index (χ0v) is 20.3. The van der Waals surface area contributed by atoms with Crippen LogP contribution in [0.15, 0.2) is 67.1 Å². The van der Waals surface area contributed by atoms with E-state index in [1.165, 1.54) is 11.3 Å². The predicted octanol–water partition coefficient (Wildman–Crippen LogP) is 6.17. The molecule has 0 radical (unpaired) electrons. The van der Waals surface area contributed by atoms with Crippen molar-refractivity contribution in [1.29, 1.82) is 0 Å². The Morgan fingerprint density at radius 2 is 1.77 bits per heavy atom. The molecule has 0 aliphatic heterocycles. The zero-order valence-electron chi connectivity index (χ0n) is 19.5. The summed E-state index contributed by atoms with van der Waals surface area (Å²) in [6.07, 6.45) is 5.52. The van der Waals surface area contributed by atoms with Crippen molar-refractivity contribution in [3.8, 4) is 33.1 Å². The first-order chi connectivity index (χ1) is 17.0. The molecular formula is C27H22N6OS. The van der Waals surface area contributed by atoms with Gasteiger partial charge in [-0.25, -0.2) is 0 Å². The molecule has 6 rings (SSSR count). The highest BCUT2D eigenvalue weighted by atomic mass is 32.1. The highest BCUT2D eigenvalue weighted by Gasteiger charge is 2.16. The number of H-pyrrole nitrogens is 2. The second-order valence-electron chi connectivity index (χ2n) is 8.68. The summed E-state index contributed by atoms with van der Waals surface area (Å²) < 4.78 is 0. The number of nitrogens with zero attached hydrogens (tertiary/aromatic N) is 4. The molecule has 35 heavy (non-hydrogen) atoms. The lowest BCUT2D eigenvalue weighted by Crippen LogP contribution is -2.08. The molecule has 0 saturated carbocycles. The molecule has 2 N–H and O–H groups in total. The average molecular weight is 479 g/mol. The largest absolute Gasteiger partial charge is 0.376 e. The Morgan fingerprint density at radius 1 is 0.914 bits per heavy atom. The number of thiophene rings is 1. The molecule has 172 valence electrons. The Hall–Kier alpha value is -4.30. The van der Waals surface area contributed by atoms with Crippen molar-refractivity contribution in [2.24, 2.45) is 0 Å². The minimum atomic E-state index is 0.0632. The number of pyridine rings is 2. The van der Waals surface area contributed by atoms with Gasteiger partial charge < -0.3 is 9.88 Å². The summed E-state index contributed by atoms with van der Waals surface area (Å²) in [5, 5.41) is 9.80. The zero-order chi connectivity index (χ0) is 24.1. The molecule has 8 heteroatoms. The number of aromatic nitrogens is 5. The molecule has 0 bridgehead atoms. The van der Waals surface area contributed by atoms with E-state index in [1.807, 2.05) is 55.7 Å². The lowest BCUT2D eigenvalue weighted by molar-refractivity contribution is 0.102. The lowest BCUT2D eigenvalue weighted by Gasteiger charge is -2.13. The van der Waals surface area contributed by atoms with Crippen LogP contribution in [0.2, 0.25) is 0 Å². The minimum Gasteiger partial charge on any atom is -0.376 e. The fourth-order valence-electron chi connectivity index (χ4n) is 4.26. The third kappa shape index (κ3) is 3.68. The Kier molecular flexibility index (Phi) is 4.96. The molecule has 0 atom stereocenters. The number of Topliss-reactive ketones (excluding diaryl/α,β-unsaturated/α-hetero) is 1. The normalized spacial score (nSPS) is 11.4. The van der Waals surface area contributed by atoms with Gasteiger partial charge in [0.05, 0.1) is 38.5 Å². The van der Waals surface area contributed by atoms with Crippen molar-refractivity contribution in [3.63, 3.8) is 0 Å². The van der Waals surface area contributed by atoms with Crippen LogP contribution in [-0.2, 0) is 0 Å². The van der Waals surface area contributed by atoms with Crippen molar-refractivity contribution in [1.82, 2.24) is 25.1 Å². The van der Waals surface area contributed by atoms with Crippen molar-refractivity contribution < 1.29 is 4.79 Å². The first-order valence-corrected chi connectivity index (χ1v) is 12.0. The van der Waals surface area contributed by atoms with Gasteiger partial charge in [-0.1, -0.05) is 6.07 Å². The van der Waals surface area contributed by atoms with Crippen molar-refractivity contribution in [2.75, 3.05) is 19.0 Å². The summed E-state index contributed by atoms with van der Waals surface area (Å²) in [6.45, 7) is 1.59. The first-order valence-electron chi connectivity index (χ1n) is 11.2. The smallest absolute Gasteiger partial charge is 0.169 e. The van der Waals surface area contributed by atoms with Crippen LogP contribution in [0.25, 0.3) is 54.9 Å². The molecule has 6 aromatic rings. The van der Waals surface area contributed by atoms with E-state index in [0.29, 0.717) is 0 Å². The standard InChI is InChI=1S/C27H22N6OS/c1-15(34)24-6-7-25(35-24)27-20-12-23(30-21(20)8-9-29-27)26-19-11-16(4-5-22(19)31-32-26)17-10-18(33(2)3)14-28-13-17/h4-14,30H,1-3H3,(H,31,32). The van der Waals surface area contributed by atoms with E-state index in [4.69, 9.17) is 0 Å². The van der Waals surface area contributed by atoms with E-state index in [-0.39, 0.29) is 5.78 Å². The number of hydrogen-bond acceptors (Lipinski definition) is 6. The number of carbonyl (C=O) groups excluding carboxylic acids is 1. The molecule has 0 aliphatic rings. The molecule has 5 aromatic heterocycles. The third-order valence-corrected chi connectivity index (χ3v) is 7.32. The second-order valence-corrected chi connectivity index (χ2v) is 9.77. The minimum absolute atomic E-state index is 0.0632. The number of anilines is 1. The highest BCUT2D eigenvalue weighted by Crippen LogP contribution is 2.36. The molecule has 5 heterocycles. The van der Waals surface area contributed by atoms with Crippen LogP contribution in [0, 0.1) is 0 Å². The van der Waals surface area contributed by atoms with Gasteiger partial charge in [0.15, 0.2) is 5.78 Å². The number of fused-ring (bicyclic) bond motifs is 2. The number of ketones is 1. The maximum atomic E-state index is 11.8. The molecule has 0 aliphatic carbocycles. The molecule has 0 spiro atoms. The van der Waals surface area contributed by atoms with Gasteiger partial charge in [0.25, 0.3) is 0 Å². The van der Waals surface area contributed by atoms with E-state index in [1.54, 1.807) is 13.1 Å². The number of benzene rings is 1. The lowest BCUT2D eigenvalue weighted by atomic mass is 10.0. The van der Waals surface area contributed by atoms with Gasteiger partial charge in [-0.15, -0.1) is 11.3 Å². The maximum absolute atomic E-state index is 11.8. The van der Waals surface area contributed by atoms with Crippen molar-refractivity contribution in [2.45, 2.75) is 6.92 Å². The van der Waals surface area contributed by atoms with Crippen LogP contribution < -0.4 is 4.90 Å². The van der Waals surface area contributed by atoms with Gasteiger partial charge in [0, 0.05) is 48.3 Å². The van der Waals surface area contributed by atoms with Gasteiger partial charge in [-0.3, -0.25) is 19.9 Å². The summed E-state index contributed by atoms with van der Waals surface area (Å²) in [4.78, 5) is 28.1. The summed E-state index contributed by atoms with van der Waals surface area (Å²) in [5.41, 5.74) is 7.71. The number of aromatic amines is 2. The Morgan fingerprint density at radius 3 is 2.57 bits per heavy atom. The molecule has 0 amide bonds.